The van der Waals surface area contributed by atoms with Crippen molar-refractivity contribution in [1.29, 1.82) is 0 Å². The Balaban J connectivity index is 1.91. The molecular formula is C27H31FN4OS. The summed E-state index contributed by atoms with van der Waals surface area (Å²) in [5.74, 6) is 0.299. The summed E-state index contributed by atoms with van der Waals surface area (Å²) in [6.45, 7) is 8.44. The Bertz CT molecular complexity index is 1410. The van der Waals surface area contributed by atoms with E-state index in [1.54, 1.807) is 16.8 Å². The summed E-state index contributed by atoms with van der Waals surface area (Å²) in [4.78, 5) is 19.0. The molecule has 1 unspecified atom stereocenters. The predicted molar refractivity (Wildman–Crippen MR) is 137 cm³/mol. The first kappa shape index (κ1) is 24.0. The molecule has 0 fully saturated rings. The van der Waals surface area contributed by atoms with Gasteiger partial charge in [-0.2, -0.15) is 0 Å². The molecule has 4 rings (SSSR count). The van der Waals surface area contributed by atoms with Crippen molar-refractivity contribution in [2.75, 3.05) is 0 Å². The molecule has 0 bridgehead atoms. The van der Waals surface area contributed by atoms with Gasteiger partial charge in [0.25, 0.3) is 5.56 Å². The maximum atomic E-state index is 14.7. The highest BCUT2D eigenvalue weighted by molar-refractivity contribution is 7.07. The summed E-state index contributed by atoms with van der Waals surface area (Å²) in [6.07, 6.45) is 1.98. The third-order valence-corrected chi connectivity index (χ3v) is 7.07. The van der Waals surface area contributed by atoms with Crippen LogP contribution in [-0.4, -0.2) is 13.9 Å². The summed E-state index contributed by atoms with van der Waals surface area (Å²) in [7, 11) is 1.86. The first-order chi connectivity index (χ1) is 16.3. The second kappa shape index (κ2) is 9.97. The summed E-state index contributed by atoms with van der Waals surface area (Å²) in [6, 6.07) is 16.5. The molecule has 34 heavy (non-hydrogen) atoms. The second-order valence-corrected chi connectivity index (χ2v) is 9.93. The van der Waals surface area contributed by atoms with Crippen molar-refractivity contribution in [1.82, 2.24) is 13.9 Å². The third kappa shape index (κ3) is 4.57. The Morgan fingerprint density at radius 3 is 2.35 bits per heavy atom. The minimum Gasteiger partial charge on any atom is -0.314 e. The normalized spacial score (nSPS) is 13.1. The van der Waals surface area contributed by atoms with Gasteiger partial charge in [0, 0.05) is 24.0 Å². The maximum Gasteiger partial charge on any atom is 0.297 e. The van der Waals surface area contributed by atoms with Crippen LogP contribution in [0.4, 0.5) is 10.1 Å². The molecular weight excluding hydrogens is 447 g/mol. The molecule has 0 N–H and O–H groups in total. The van der Waals surface area contributed by atoms with Gasteiger partial charge in [0.2, 0.25) is 0 Å². The number of rotatable bonds is 7. The Hall–Kier alpha value is -3.19. The molecule has 0 aliphatic carbocycles. The highest BCUT2D eigenvalue weighted by atomic mass is 32.1. The van der Waals surface area contributed by atoms with E-state index in [1.807, 2.05) is 60.4 Å². The number of hydrogen-bond acceptors (Lipinski definition) is 3. The van der Waals surface area contributed by atoms with E-state index in [0.717, 1.165) is 29.9 Å². The number of aromatic nitrogens is 3. The first-order valence-electron chi connectivity index (χ1n) is 11.6. The lowest BCUT2D eigenvalue weighted by atomic mass is 10.0. The van der Waals surface area contributed by atoms with Crippen LogP contribution in [0.3, 0.4) is 0 Å². The van der Waals surface area contributed by atoms with Crippen LogP contribution in [0.2, 0.25) is 0 Å². The van der Waals surface area contributed by atoms with Crippen LogP contribution in [0.25, 0.3) is 16.9 Å². The fraction of sp³-hybridized carbons (Fsp3) is 0.333. The number of halogens is 1. The van der Waals surface area contributed by atoms with Crippen molar-refractivity contribution in [2.45, 2.75) is 46.6 Å². The molecule has 4 aromatic rings. The standard InChI is InChI=1S/C27H31FN4OS/c1-18(2)15-16-19(3)31-24(22-13-9-10-14-23(22)28)17-34-27(31)29-25-20(4)30(5)32(26(25)33)21-11-7-6-8-12-21/h6-14,17-19H,15-16H2,1-5H3. The number of benzene rings is 2. The van der Waals surface area contributed by atoms with E-state index in [0.29, 0.717) is 22.0 Å². The Morgan fingerprint density at radius 1 is 1.00 bits per heavy atom. The molecule has 178 valence electrons. The van der Waals surface area contributed by atoms with Crippen molar-refractivity contribution >= 4 is 17.0 Å². The van der Waals surface area contributed by atoms with Crippen LogP contribution in [-0.2, 0) is 7.05 Å². The van der Waals surface area contributed by atoms with Gasteiger partial charge in [0.1, 0.15) is 5.82 Å². The monoisotopic (exact) mass is 478 g/mol. The highest BCUT2D eigenvalue weighted by Gasteiger charge is 2.19. The molecule has 0 aliphatic heterocycles. The van der Waals surface area contributed by atoms with Gasteiger partial charge in [-0.1, -0.05) is 44.2 Å². The summed E-state index contributed by atoms with van der Waals surface area (Å²) in [5.41, 5.74) is 3.12. The molecule has 0 radical (unpaired) electrons. The zero-order chi connectivity index (χ0) is 24.4. The topological polar surface area (TPSA) is 44.2 Å². The molecule has 0 aliphatic rings. The van der Waals surface area contributed by atoms with Gasteiger partial charge in [-0.3, -0.25) is 9.48 Å². The number of nitrogens with zero attached hydrogens (tertiary/aromatic N) is 4. The smallest absolute Gasteiger partial charge is 0.297 e. The van der Waals surface area contributed by atoms with E-state index >= 15 is 0 Å². The Kier molecular flexibility index (Phi) is 7.03. The molecule has 0 saturated heterocycles. The Morgan fingerprint density at radius 2 is 1.68 bits per heavy atom. The zero-order valence-corrected chi connectivity index (χ0v) is 21.1. The van der Waals surface area contributed by atoms with E-state index in [1.165, 1.54) is 17.4 Å². The third-order valence-electron chi connectivity index (χ3n) is 6.23. The zero-order valence-electron chi connectivity index (χ0n) is 20.3. The van der Waals surface area contributed by atoms with Crippen molar-refractivity contribution in [3.63, 3.8) is 0 Å². The van der Waals surface area contributed by atoms with Crippen LogP contribution in [0.5, 0.6) is 0 Å². The van der Waals surface area contributed by atoms with Gasteiger partial charge in [-0.05, 0) is 56.9 Å². The van der Waals surface area contributed by atoms with Crippen molar-refractivity contribution < 1.29 is 4.39 Å². The summed E-state index contributed by atoms with van der Waals surface area (Å²) < 4.78 is 20.3. The second-order valence-electron chi connectivity index (χ2n) is 9.10. The fourth-order valence-corrected chi connectivity index (χ4v) is 5.17. The van der Waals surface area contributed by atoms with Crippen molar-refractivity contribution in [3.8, 4) is 16.9 Å². The summed E-state index contributed by atoms with van der Waals surface area (Å²) in [5, 5.41) is 1.94. The molecule has 7 heteroatoms. The molecule has 2 aromatic carbocycles. The lowest BCUT2D eigenvalue weighted by Gasteiger charge is -2.18. The SMILES string of the molecule is Cc1c(N=c2scc(-c3ccccc3F)n2C(C)CCC(C)C)c(=O)n(-c2ccccc2)n1C. The maximum absolute atomic E-state index is 14.7. The van der Waals surface area contributed by atoms with E-state index in [9.17, 15) is 9.18 Å². The van der Waals surface area contributed by atoms with Crippen molar-refractivity contribution in [2.24, 2.45) is 18.0 Å². The van der Waals surface area contributed by atoms with Crippen LogP contribution >= 0.6 is 11.3 Å². The van der Waals surface area contributed by atoms with E-state index in [4.69, 9.17) is 4.99 Å². The van der Waals surface area contributed by atoms with Gasteiger partial charge < -0.3 is 4.57 Å². The quantitative estimate of drug-likeness (QED) is 0.304. The van der Waals surface area contributed by atoms with E-state index in [-0.39, 0.29) is 17.4 Å². The van der Waals surface area contributed by atoms with Crippen LogP contribution in [0, 0.1) is 18.7 Å². The van der Waals surface area contributed by atoms with Crippen LogP contribution in [0.15, 0.2) is 69.8 Å². The van der Waals surface area contributed by atoms with Crippen LogP contribution in [0.1, 0.15) is 45.3 Å². The van der Waals surface area contributed by atoms with Gasteiger partial charge in [0.05, 0.1) is 17.1 Å². The minimum absolute atomic E-state index is 0.0994. The largest absolute Gasteiger partial charge is 0.314 e. The molecule has 0 spiro atoms. The molecule has 5 nitrogen and oxygen atoms in total. The van der Waals surface area contributed by atoms with Crippen LogP contribution < -0.4 is 10.4 Å². The van der Waals surface area contributed by atoms with Gasteiger partial charge in [-0.25, -0.2) is 14.1 Å². The number of thiazole rings is 1. The van der Waals surface area contributed by atoms with Gasteiger partial charge in [0.15, 0.2) is 10.5 Å². The molecule has 2 heterocycles. The minimum atomic E-state index is -0.265. The van der Waals surface area contributed by atoms with E-state index in [2.05, 4.69) is 25.3 Å². The fourth-order valence-electron chi connectivity index (χ4n) is 4.18. The molecule has 1 atom stereocenters. The highest BCUT2D eigenvalue weighted by Crippen LogP contribution is 2.28. The first-order valence-corrected chi connectivity index (χ1v) is 12.5. The number of hydrogen-bond donors (Lipinski definition) is 0. The lowest BCUT2D eigenvalue weighted by Crippen LogP contribution is -2.22. The lowest BCUT2D eigenvalue weighted by molar-refractivity contribution is 0.436. The average Bonchev–Trinajstić information content (AvgIpc) is 3.33. The average molecular weight is 479 g/mol. The number of para-hydroxylation sites is 1. The predicted octanol–water partition coefficient (Wildman–Crippen LogP) is 6.38. The summed E-state index contributed by atoms with van der Waals surface area (Å²) >= 11 is 1.44. The molecule has 2 aromatic heterocycles. The Labute approximate surface area is 203 Å². The molecule has 0 saturated carbocycles. The molecule has 0 amide bonds. The van der Waals surface area contributed by atoms with Gasteiger partial charge >= 0.3 is 0 Å². The van der Waals surface area contributed by atoms with Crippen molar-refractivity contribution in [3.05, 3.63) is 86.6 Å². The van der Waals surface area contributed by atoms with Gasteiger partial charge in [-0.15, -0.1) is 11.3 Å². The van der Waals surface area contributed by atoms with E-state index < -0.39 is 0 Å².